The normalized spacial score (nSPS) is 18.7. The Kier molecular flexibility index (Phi) is 5.60. The highest BCUT2D eigenvalue weighted by atomic mass is 35.5. The fourth-order valence-electron chi connectivity index (χ4n) is 3.53. The number of nitrogens with zero attached hydrogens (tertiary/aromatic N) is 2. The van der Waals surface area contributed by atoms with Gasteiger partial charge in [0.05, 0.1) is 5.69 Å². The first kappa shape index (κ1) is 18.2. The van der Waals surface area contributed by atoms with Crippen LogP contribution in [0.15, 0.2) is 24.3 Å². The lowest BCUT2D eigenvalue weighted by Gasteiger charge is -2.31. The Morgan fingerprint density at radius 2 is 2.20 bits per heavy atom. The molecule has 1 N–H and O–H groups in total. The first-order valence-electron chi connectivity index (χ1n) is 9.01. The zero-order valence-corrected chi connectivity index (χ0v) is 15.9. The van der Waals surface area contributed by atoms with Gasteiger partial charge >= 0.3 is 0 Å². The molecule has 1 unspecified atom stereocenters. The molecule has 0 radical (unpaired) electrons. The molecule has 1 aliphatic rings. The third-order valence-corrected chi connectivity index (χ3v) is 5.20. The van der Waals surface area contributed by atoms with Crippen LogP contribution in [0.4, 0.5) is 0 Å². The number of likely N-dealkylation sites (tertiary alicyclic amines) is 1. The fourth-order valence-corrected chi connectivity index (χ4v) is 3.76. The summed E-state index contributed by atoms with van der Waals surface area (Å²) < 4.78 is 0. The maximum atomic E-state index is 12.9. The number of carbonyl (C=O) groups excluding carboxylic acids is 1. The number of hydrogen-bond acceptors (Lipinski definition) is 3. The first-order chi connectivity index (χ1) is 11.9. The maximum Gasteiger partial charge on any atom is 0.167 e. The zero-order chi connectivity index (χ0) is 18.0. The lowest BCUT2D eigenvalue weighted by molar-refractivity contribution is 0.0809. The number of rotatable bonds is 5. The second kappa shape index (κ2) is 7.71. The summed E-state index contributed by atoms with van der Waals surface area (Å²) >= 11 is 6.02. The predicted octanol–water partition coefficient (Wildman–Crippen LogP) is 4.59. The number of nitrogens with one attached hydrogen (secondary N) is 1. The first-order valence-corrected chi connectivity index (χ1v) is 9.38. The van der Waals surface area contributed by atoms with Crippen LogP contribution in [0.2, 0.25) is 5.02 Å². The quantitative estimate of drug-likeness (QED) is 0.794. The zero-order valence-electron chi connectivity index (χ0n) is 15.2. The van der Waals surface area contributed by atoms with Crippen LogP contribution in [0.3, 0.4) is 0 Å². The van der Waals surface area contributed by atoms with Gasteiger partial charge in [-0.05, 0) is 62.1 Å². The van der Waals surface area contributed by atoms with Crippen molar-refractivity contribution >= 4 is 17.4 Å². The van der Waals surface area contributed by atoms with Crippen molar-refractivity contribution in [3.8, 4) is 0 Å². The van der Waals surface area contributed by atoms with Gasteiger partial charge in [-0.3, -0.25) is 14.8 Å². The molecule has 1 atom stereocenters. The number of benzene rings is 1. The van der Waals surface area contributed by atoms with E-state index in [0.29, 0.717) is 10.9 Å². The van der Waals surface area contributed by atoms with E-state index in [1.165, 1.54) is 0 Å². The van der Waals surface area contributed by atoms with Crippen LogP contribution < -0.4 is 0 Å². The number of aromatic nitrogens is 2. The van der Waals surface area contributed by atoms with E-state index in [9.17, 15) is 4.79 Å². The molecule has 25 heavy (non-hydrogen) atoms. The molecular weight excluding hydrogens is 334 g/mol. The molecule has 4 nitrogen and oxygen atoms in total. The van der Waals surface area contributed by atoms with E-state index in [4.69, 9.17) is 11.6 Å². The Balaban J connectivity index is 1.66. The van der Waals surface area contributed by atoms with Crippen LogP contribution in [0.5, 0.6) is 0 Å². The number of halogens is 1. The number of carbonyl (C=O) groups is 1. The molecule has 1 fully saturated rings. The average Bonchev–Trinajstić information content (AvgIpc) is 3.03. The third-order valence-electron chi connectivity index (χ3n) is 4.97. The van der Waals surface area contributed by atoms with Crippen molar-refractivity contribution in [2.75, 3.05) is 13.1 Å². The Labute approximate surface area is 154 Å². The minimum absolute atomic E-state index is 0.0566. The smallest absolute Gasteiger partial charge is 0.167 e. The monoisotopic (exact) mass is 359 g/mol. The molecule has 134 valence electrons. The minimum Gasteiger partial charge on any atom is -0.297 e. The Bertz CT molecular complexity index is 753. The molecule has 1 saturated heterocycles. The largest absolute Gasteiger partial charge is 0.297 e. The van der Waals surface area contributed by atoms with Crippen molar-refractivity contribution in [3.05, 3.63) is 51.8 Å². The number of Topliss-reactive ketones (excluding diaryl/α,β-unsaturated/α-hetero) is 1. The molecule has 3 rings (SSSR count). The summed E-state index contributed by atoms with van der Waals surface area (Å²) in [6, 6.07) is 7.68. The molecule has 0 bridgehead atoms. The van der Waals surface area contributed by atoms with Gasteiger partial charge in [0.1, 0.15) is 0 Å². The highest BCUT2D eigenvalue weighted by Gasteiger charge is 2.27. The lowest BCUT2D eigenvalue weighted by atomic mass is 9.88. The molecule has 0 amide bonds. The van der Waals surface area contributed by atoms with Gasteiger partial charge in [-0.2, -0.15) is 5.10 Å². The van der Waals surface area contributed by atoms with Gasteiger partial charge in [-0.15, -0.1) is 0 Å². The van der Waals surface area contributed by atoms with Gasteiger partial charge in [-0.1, -0.05) is 25.4 Å². The number of aryl methyl sites for hydroxylation is 1. The van der Waals surface area contributed by atoms with Crippen molar-refractivity contribution in [2.45, 2.75) is 46.1 Å². The number of aromatic amines is 1. The Hall–Kier alpha value is -1.65. The summed E-state index contributed by atoms with van der Waals surface area (Å²) in [7, 11) is 0. The standard InChI is InChI=1S/C20H26ClN3O/c1-13(2)19-10-17(22-23-19)12-24-8-4-5-15(11-24)20(25)18-7-6-16(21)9-14(18)3/h6-7,9-10,13,15H,4-5,8,11-12H2,1-3H3,(H,22,23). The van der Waals surface area contributed by atoms with Crippen LogP contribution in [0.1, 0.15) is 59.9 Å². The highest BCUT2D eigenvalue weighted by Crippen LogP contribution is 2.25. The van der Waals surface area contributed by atoms with Crippen molar-refractivity contribution in [3.63, 3.8) is 0 Å². The average molecular weight is 360 g/mol. The van der Waals surface area contributed by atoms with Gasteiger partial charge in [0.25, 0.3) is 0 Å². The maximum absolute atomic E-state index is 12.9. The van der Waals surface area contributed by atoms with Gasteiger partial charge < -0.3 is 0 Å². The van der Waals surface area contributed by atoms with E-state index in [0.717, 1.165) is 55.0 Å². The van der Waals surface area contributed by atoms with Gasteiger partial charge in [0, 0.05) is 35.3 Å². The summed E-state index contributed by atoms with van der Waals surface area (Å²) in [5, 5.41) is 8.19. The van der Waals surface area contributed by atoms with Crippen molar-refractivity contribution in [2.24, 2.45) is 5.92 Å². The molecule has 5 heteroatoms. The van der Waals surface area contributed by atoms with Crippen LogP contribution >= 0.6 is 11.6 Å². The lowest BCUT2D eigenvalue weighted by Crippen LogP contribution is -2.38. The summed E-state index contributed by atoms with van der Waals surface area (Å²) in [5.41, 5.74) is 3.99. The highest BCUT2D eigenvalue weighted by molar-refractivity contribution is 6.30. The van der Waals surface area contributed by atoms with Crippen molar-refractivity contribution < 1.29 is 4.79 Å². The Morgan fingerprint density at radius 3 is 2.88 bits per heavy atom. The van der Waals surface area contributed by atoms with Crippen molar-refractivity contribution in [1.29, 1.82) is 0 Å². The van der Waals surface area contributed by atoms with Crippen LogP contribution in [-0.2, 0) is 6.54 Å². The number of ketones is 1. The van der Waals surface area contributed by atoms with Gasteiger partial charge in [0.15, 0.2) is 5.78 Å². The molecule has 2 heterocycles. The molecule has 0 aliphatic carbocycles. The minimum atomic E-state index is 0.0566. The molecule has 1 aromatic carbocycles. The summed E-state index contributed by atoms with van der Waals surface area (Å²) in [4.78, 5) is 15.3. The number of H-pyrrole nitrogens is 1. The van der Waals surface area contributed by atoms with Crippen LogP contribution in [-0.4, -0.2) is 34.0 Å². The van der Waals surface area contributed by atoms with E-state index in [1.54, 1.807) is 6.07 Å². The third kappa shape index (κ3) is 4.31. The molecule has 2 aromatic rings. The number of piperidine rings is 1. The van der Waals surface area contributed by atoms with Crippen molar-refractivity contribution in [1.82, 2.24) is 15.1 Å². The number of hydrogen-bond donors (Lipinski definition) is 1. The van der Waals surface area contributed by atoms with E-state index >= 15 is 0 Å². The second-order valence-electron chi connectivity index (χ2n) is 7.37. The molecule has 1 aliphatic heterocycles. The van der Waals surface area contributed by atoms with Gasteiger partial charge in [-0.25, -0.2) is 0 Å². The van der Waals surface area contributed by atoms with Crippen LogP contribution in [0, 0.1) is 12.8 Å². The summed E-state index contributed by atoms with van der Waals surface area (Å²) in [5.74, 6) is 0.723. The second-order valence-corrected chi connectivity index (χ2v) is 7.81. The fraction of sp³-hybridized carbons (Fsp3) is 0.500. The summed E-state index contributed by atoms with van der Waals surface area (Å²) in [6.45, 7) is 8.89. The topological polar surface area (TPSA) is 49.0 Å². The Morgan fingerprint density at radius 1 is 1.40 bits per heavy atom. The van der Waals surface area contributed by atoms with E-state index in [-0.39, 0.29) is 11.7 Å². The van der Waals surface area contributed by atoms with Gasteiger partial charge in [0.2, 0.25) is 0 Å². The molecule has 0 saturated carbocycles. The van der Waals surface area contributed by atoms with E-state index in [2.05, 4.69) is 35.0 Å². The predicted molar refractivity (Wildman–Crippen MR) is 101 cm³/mol. The van der Waals surface area contributed by atoms with E-state index in [1.807, 2.05) is 19.1 Å². The van der Waals surface area contributed by atoms with Crippen LogP contribution in [0.25, 0.3) is 0 Å². The SMILES string of the molecule is Cc1cc(Cl)ccc1C(=O)C1CCCN(Cc2cc(C(C)C)n[nH]2)C1. The molecule has 1 aromatic heterocycles. The molecular formula is C20H26ClN3O. The van der Waals surface area contributed by atoms with E-state index < -0.39 is 0 Å². The summed E-state index contributed by atoms with van der Waals surface area (Å²) in [6.07, 6.45) is 2.01. The molecule has 0 spiro atoms.